The molecule has 1 aromatic carbocycles. The van der Waals surface area contributed by atoms with E-state index in [1.54, 1.807) is 6.07 Å². The number of anilines is 1. The molecule has 1 N–H and O–H groups in total. The maximum absolute atomic E-state index is 13.2. The van der Waals surface area contributed by atoms with Gasteiger partial charge >= 0.3 is 0 Å². The molecule has 7 heteroatoms. The van der Waals surface area contributed by atoms with Gasteiger partial charge in [-0.3, -0.25) is 4.79 Å². The van der Waals surface area contributed by atoms with Gasteiger partial charge in [-0.2, -0.15) is 0 Å². The molecule has 132 valence electrons. The van der Waals surface area contributed by atoms with Crippen molar-refractivity contribution in [1.82, 2.24) is 9.80 Å². The molecule has 24 heavy (non-hydrogen) atoms. The van der Waals surface area contributed by atoms with Gasteiger partial charge in [-0.25, -0.2) is 4.39 Å². The average Bonchev–Trinajstić information content (AvgIpc) is 2.58. The van der Waals surface area contributed by atoms with Gasteiger partial charge in [-0.1, -0.05) is 0 Å². The van der Waals surface area contributed by atoms with Crippen molar-refractivity contribution in [3.05, 3.63) is 28.5 Å². The van der Waals surface area contributed by atoms with Gasteiger partial charge in [0.05, 0.1) is 11.6 Å². The first-order valence-electron chi connectivity index (χ1n) is 8.26. The number of hydrogen-bond acceptors (Lipinski definition) is 2. The standard InChI is InChI=1S/C17H23BrFN3OS/c1-3-21(4-2)16(23)12-6-5-9-22(11-12)17(24)20-15-8-7-13(19)10-14(15)18/h7-8,10,12H,3-6,9,11H2,1-2H3,(H,20,24). The zero-order valence-electron chi connectivity index (χ0n) is 14.0. The summed E-state index contributed by atoms with van der Waals surface area (Å²) in [5.74, 6) is -0.119. The Morgan fingerprint density at radius 2 is 2.17 bits per heavy atom. The van der Waals surface area contributed by atoms with Crippen LogP contribution in [0.4, 0.5) is 10.1 Å². The van der Waals surface area contributed by atoms with E-state index in [-0.39, 0.29) is 17.6 Å². The van der Waals surface area contributed by atoms with Gasteiger partial charge in [0.25, 0.3) is 0 Å². The Labute approximate surface area is 156 Å². The largest absolute Gasteiger partial charge is 0.348 e. The molecule has 1 fully saturated rings. The maximum Gasteiger partial charge on any atom is 0.227 e. The van der Waals surface area contributed by atoms with Crippen LogP contribution in [0.3, 0.4) is 0 Å². The summed E-state index contributed by atoms with van der Waals surface area (Å²) in [5, 5.41) is 3.71. The number of amides is 1. The lowest BCUT2D eigenvalue weighted by Crippen LogP contribution is -2.47. The highest BCUT2D eigenvalue weighted by molar-refractivity contribution is 9.10. The van der Waals surface area contributed by atoms with Crippen LogP contribution in [-0.4, -0.2) is 47.0 Å². The number of nitrogens with zero attached hydrogens (tertiary/aromatic N) is 2. The second-order valence-corrected chi connectivity index (χ2v) is 7.09. The number of thiocarbonyl (C=S) groups is 1. The molecular weight excluding hydrogens is 393 g/mol. The van der Waals surface area contributed by atoms with Crippen molar-refractivity contribution in [1.29, 1.82) is 0 Å². The maximum atomic E-state index is 13.2. The summed E-state index contributed by atoms with van der Waals surface area (Å²) in [6.07, 6.45) is 1.83. The number of halogens is 2. The van der Waals surface area contributed by atoms with Crippen molar-refractivity contribution in [2.45, 2.75) is 26.7 Å². The SMILES string of the molecule is CCN(CC)C(=O)C1CCCN(C(=S)Nc2ccc(F)cc2Br)C1. The van der Waals surface area contributed by atoms with Crippen LogP contribution in [0.15, 0.2) is 22.7 Å². The number of rotatable bonds is 4. The Morgan fingerprint density at radius 3 is 2.79 bits per heavy atom. The molecule has 0 aliphatic carbocycles. The lowest BCUT2D eigenvalue weighted by molar-refractivity contribution is -0.136. The van der Waals surface area contributed by atoms with Crippen LogP contribution < -0.4 is 5.32 Å². The normalized spacial score (nSPS) is 17.5. The second kappa shape index (κ2) is 8.76. The summed E-state index contributed by atoms with van der Waals surface area (Å²) in [4.78, 5) is 16.5. The minimum atomic E-state index is -0.304. The molecule has 1 atom stereocenters. The van der Waals surface area contributed by atoms with Crippen LogP contribution >= 0.6 is 28.1 Å². The Morgan fingerprint density at radius 1 is 1.46 bits per heavy atom. The lowest BCUT2D eigenvalue weighted by Gasteiger charge is -2.36. The molecule has 1 heterocycles. The number of hydrogen-bond donors (Lipinski definition) is 1. The fraction of sp³-hybridized carbons (Fsp3) is 0.529. The number of carbonyl (C=O) groups is 1. The van der Waals surface area contributed by atoms with Crippen molar-refractivity contribution in [2.75, 3.05) is 31.5 Å². The van der Waals surface area contributed by atoms with Gasteiger partial charge in [0.1, 0.15) is 5.82 Å². The molecule has 4 nitrogen and oxygen atoms in total. The number of carbonyl (C=O) groups excluding carboxylic acids is 1. The summed E-state index contributed by atoms with van der Waals surface area (Å²) >= 11 is 8.82. The van der Waals surface area contributed by atoms with Gasteiger partial charge < -0.3 is 15.1 Å². The molecule has 0 aromatic heterocycles. The third kappa shape index (κ3) is 4.66. The second-order valence-electron chi connectivity index (χ2n) is 5.85. The summed E-state index contributed by atoms with van der Waals surface area (Å²) in [7, 11) is 0. The van der Waals surface area contributed by atoms with Crippen molar-refractivity contribution < 1.29 is 9.18 Å². The Hall–Kier alpha value is -1.21. The van der Waals surface area contributed by atoms with E-state index in [4.69, 9.17) is 12.2 Å². The number of piperidine rings is 1. The van der Waals surface area contributed by atoms with E-state index in [2.05, 4.69) is 21.2 Å². The highest BCUT2D eigenvalue weighted by Gasteiger charge is 2.29. The molecule has 1 saturated heterocycles. The van der Waals surface area contributed by atoms with E-state index in [0.717, 1.165) is 38.2 Å². The van der Waals surface area contributed by atoms with Crippen LogP contribution in [0.2, 0.25) is 0 Å². The van der Waals surface area contributed by atoms with Gasteiger partial charge in [-0.15, -0.1) is 0 Å². The molecule has 1 aliphatic rings. The molecule has 0 bridgehead atoms. The summed E-state index contributed by atoms with van der Waals surface area (Å²) in [5.41, 5.74) is 0.721. The predicted molar refractivity (Wildman–Crippen MR) is 103 cm³/mol. The van der Waals surface area contributed by atoms with E-state index < -0.39 is 0 Å². The fourth-order valence-electron chi connectivity index (χ4n) is 2.94. The Kier molecular flexibility index (Phi) is 6.98. The first kappa shape index (κ1) is 19.1. The van der Waals surface area contributed by atoms with E-state index in [0.29, 0.717) is 16.1 Å². The predicted octanol–water partition coefficient (Wildman–Crippen LogP) is 3.87. The highest BCUT2D eigenvalue weighted by Crippen LogP contribution is 2.25. The summed E-state index contributed by atoms with van der Waals surface area (Å²) < 4.78 is 13.8. The van der Waals surface area contributed by atoms with Crippen molar-refractivity contribution in [2.24, 2.45) is 5.92 Å². The van der Waals surface area contributed by atoms with E-state index >= 15 is 0 Å². The molecule has 1 amide bonds. The van der Waals surface area contributed by atoms with Crippen molar-refractivity contribution >= 4 is 44.9 Å². The molecule has 0 spiro atoms. The van der Waals surface area contributed by atoms with Crippen LogP contribution in [0.1, 0.15) is 26.7 Å². The lowest BCUT2D eigenvalue weighted by atomic mass is 9.96. The third-order valence-electron chi connectivity index (χ3n) is 4.31. The topological polar surface area (TPSA) is 35.6 Å². The molecule has 1 aromatic rings. The van der Waals surface area contributed by atoms with Gasteiger partial charge in [0, 0.05) is 30.7 Å². The minimum Gasteiger partial charge on any atom is -0.348 e. The average molecular weight is 416 g/mol. The smallest absolute Gasteiger partial charge is 0.227 e. The molecule has 0 radical (unpaired) electrons. The fourth-order valence-corrected chi connectivity index (χ4v) is 3.67. The Balaban J connectivity index is 2.01. The first-order valence-corrected chi connectivity index (χ1v) is 9.46. The van der Waals surface area contributed by atoms with Gasteiger partial charge in [0.2, 0.25) is 5.91 Å². The minimum absolute atomic E-state index is 0.0185. The van der Waals surface area contributed by atoms with Crippen molar-refractivity contribution in [3.8, 4) is 0 Å². The molecule has 2 rings (SSSR count). The highest BCUT2D eigenvalue weighted by atomic mass is 79.9. The van der Waals surface area contributed by atoms with E-state index in [9.17, 15) is 9.18 Å². The number of likely N-dealkylation sites (tertiary alicyclic amines) is 1. The van der Waals surface area contributed by atoms with E-state index in [1.165, 1.54) is 12.1 Å². The van der Waals surface area contributed by atoms with Crippen LogP contribution in [-0.2, 0) is 4.79 Å². The number of benzene rings is 1. The third-order valence-corrected chi connectivity index (χ3v) is 5.32. The summed E-state index contributed by atoms with van der Waals surface area (Å²) in [6, 6.07) is 4.43. The zero-order valence-corrected chi connectivity index (χ0v) is 16.4. The summed E-state index contributed by atoms with van der Waals surface area (Å²) in [6.45, 7) is 6.92. The Bertz CT molecular complexity index is 609. The monoisotopic (exact) mass is 415 g/mol. The molecule has 1 aliphatic heterocycles. The molecular formula is C17H23BrFN3OS. The molecule has 0 saturated carbocycles. The van der Waals surface area contributed by atoms with Crippen LogP contribution in [0, 0.1) is 11.7 Å². The zero-order chi connectivity index (χ0) is 17.7. The van der Waals surface area contributed by atoms with Crippen LogP contribution in [0.5, 0.6) is 0 Å². The van der Waals surface area contributed by atoms with E-state index in [1.807, 2.05) is 23.6 Å². The number of nitrogens with one attached hydrogen (secondary N) is 1. The quantitative estimate of drug-likeness (QED) is 0.757. The van der Waals surface area contributed by atoms with Crippen molar-refractivity contribution in [3.63, 3.8) is 0 Å². The molecule has 1 unspecified atom stereocenters. The first-order chi connectivity index (χ1) is 11.5. The van der Waals surface area contributed by atoms with Crippen LogP contribution in [0.25, 0.3) is 0 Å². The van der Waals surface area contributed by atoms with Gasteiger partial charge in [-0.05, 0) is 73.0 Å². The van der Waals surface area contributed by atoms with Gasteiger partial charge in [0.15, 0.2) is 5.11 Å².